The molecule has 2 rings (SSSR count). The summed E-state index contributed by atoms with van der Waals surface area (Å²) >= 11 is 0. The maximum Gasteiger partial charge on any atom is 0.262 e. The van der Waals surface area contributed by atoms with Gasteiger partial charge in [-0.05, 0) is 48.4 Å². The van der Waals surface area contributed by atoms with Crippen LogP contribution < -0.4 is 9.86 Å². The average Bonchev–Trinajstić information content (AvgIpc) is 2.38. The number of benzene rings is 2. The van der Waals surface area contributed by atoms with Gasteiger partial charge in [-0.1, -0.05) is 12.1 Å². The summed E-state index contributed by atoms with van der Waals surface area (Å²) in [5, 5.41) is 4.94. The molecule has 0 heterocycles. The van der Waals surface area contributed by atoms with Crippen molar-refractivity contribution in [2.75, 3.05) is 4.72 Å². The van der Waals surface area contributed by atoms with E-state index in [1.165, 1.54) is 37.3 Å². The lowest BCUT2D eigenvalue weighted by atomic mass is 10.2. The summed E-state index contributed by atoms with van der Waals surface area (Å²) in [5.74, 6) is -0.856. The molecule has 124 valence electrons. The molecule has 0 radical (unpaired) electrons. The number of rotatable bonds is 5. The largest absolute Gasteiger partial charge is 0.280 e. The second kappa shape index (κ2) is 6.26. The van der Waals surface area contributed by atoms with E-state index >= 15 is 0 Å². The molecule has 9 heteroatoms. The van der Waals surface area contributed by atoms with Crippen LogP contribution in [0.4, 0.5) is 10.1 Å². The normalized spacial score (nSPS) is 12.1. The zero-order valence-electron chi connectivity index (χ0n) is 12.2. The maximum atomic E-state index is 13.1. The van der Waals surface area contributed by atoms with E-state index in [1.54, 1.807) is 0 Å². The minimum Gasteiger partial charge on any atom is -0.280 e. The fourth-order valence-electron chi connectivity index (χ4n) is 2.03. The Labute approximate surface area is 134 Å². The number of anilines is 1. The highest BCUT2D eigenvalue weighted by atomic mass is 32.2. The Balaban J connectivity index is 2.24. The number of aryl methyl sites for hydroxylation is 1. The molecule has 0 aliphatic heterocycles. The van der Waals surface area contributed by atoms with Crippen molar-refractivity contribution < 1.29 is 21.2 Å². The topological polar surface area (TPSA) is 106 Å². The van der Waals surface area contributed by atoms with Crippen LogP contribution in [0.25, 0.3) is 0 Å². The summed E-state index contributed by atoms with van der Waals surface area (Å²) in [5.41, 5.74) is 0.976. The monoisotopic (exact) mass is 358 g/mol. The molecule has 23 heavy (non-hydrogen) atoms. The number of primary sulfonamides is 1. The summed E-state index contributed by atoms with van der Waals surface area (Å²) in [7, 11) is -7.52. The highest BCUT2D eigenvalue weighted by molar-refractivity contribution is 7.92. The van der Waals surface area contributed by atoms with Gasteiger partial charge in [0.25, 0.3) is 10.0 Å². The quantitative estimate of drug-likeness (QED) is 0.849. The summed E-state index contributed by atoms with van der Waals surface area (Å²) in [6.45, 7) is 1.49. The van der Waals surface area contributed by atoms with Crippen LogP contribution in [0.15, 0.2) is 47.4 Å². The molecule has 0 unspecified atom stereocenters. The maximum absolute atomic E-state index is 13.1. The lowest BCUT2D eigenvalue weighted by Crippen LogP contribution is -2.15. The summed E-state index contributed by atoms with van der Waals surface area (Å²) in [6, 6.07) is 9.15. The van der Waals surface area contributed by atoms with Gasteiger partial charge in [-0.15, -0.1) is 0 Å². The number of hydrogen-bond acceptors (Lipinski definition) is 4. The predicted octanol–water partition coefficient (Wildman–Crippen LogP) is 1.72. The first kappa shape index (κ1) is 17.4. The molecule has 2 aromatic carbocycles. The van der Waals surface area contributed by atoms with E-state index in [-0.39, 0.29) is 21.9 Å². The van der Waals surface area contributed by atoms with Gasteiger partial charge in [-0.2, -0.15) is 0 Å². The molecule has 0 spiro atoms. The fraction of sp³-hybridized carbons (Fsp3) is 0.143. The van der Waals surface area contributed by atoms with E-state index in [1.807, 2.05) is 0 Å². The van der Waals surface area contributed by atoms with Crippen LogP contribution >= 0.6 is 0 Å². The molecule has 2 aromatic rings. The third-order valence-electron chi connectivity index (χ3n) is 3.00. The molecular weight excluding hydrogens is 343 g/mol. The first-order chi connectivity index (χ1) is 10.6. The van der Waals surface area contributed by atoms with E-state index in [2.05, 4.69) is 4.72 Å². The van der Waals surface area contributed by atoms with E-state index < -0.39 is 25.9 Å². The molecule has 3 N–H and O–H groups in total. The molecule has 0 saturated heterocycles. The van der Waals surface area contributed by atoms with Crippen LogP contribution in [0.2, 0.25) is 0 Å². The van der Waals surface area contributed by atoms with Crippen molar-refractivity contribution in [1.29, 1.82) is 0 Å². The molecule has 0 aliphatic rings. The molecule has 0 amide bonds. The van der Waals surface area contributed by atoms with Crippen molar-refractivity contribution in [3.63, 3.8) is 0 Å². The van der Waals surface area contributed by atoms with Crippen molar-refractivity contribution >= 4 is 25.7 Å². The lowest BCUT2D eigenvalue weighted by molar-refractivity contribution is 0.595. The van der Waals surface area contributed by atoms with E-state index in [0.29, 0.717) is 5.56 Å². The second-order valence-corrected chi connectivity index (χ2v) is 8.28. The van der Waals surface area contributed by atoms with Crippen LogP contribution in [-0.4, -0.2) is 16.8 Å². The number of nitrogens with one attached hydrogen (secondary N) is 1. The van der Waals surface area contributed by atoms with Gasteiger partial charge in [0, 0.05) is 5.69 Å². The van der Waals surface area contributed by atoms with Crippen molar-refractivity contribution in [2.24, 2.45) is 5.14 Å². The molecule has 0 bridgehead atoms. The van der Waals surface area contributed by atoms with Gasteiger partial charge in [-0.3, -0.25) is 4.72 Å². The standard InChI is InChI=1S/C14H15FN2O4S2/c1-10-8-12(15)4-7-14(10)23(20,21)17-13-5-2-11(3-6-13)9-22(16,18)19/h2-8,17H,9H2,1H3,(H2,16,18,19). The van der Waals surface area contributed by atoms with Crippen molar-refractivity contribution in [1.82, 2.24) is 0 Å². The van der Waals surface area contributed by atoms with E-state index in [0.717, 1.165) is 12.1 Å². The van der Waals surface area contributed by atoms with Crippen molar-refractivity contribution in [2.45, 2.75) is 17.6 Å². The Hall–Kier alpha value is -1.97. The predicted molar refractivity (Wildman–Crippen MR) is 85.2 cm³/mol. The Morgan fingerprint density at radius 3 is 2.17 bits per heavy atom. The first-order valence-corrected chi connectivity index (χ1v) is 9.65. The Kier molecular flexibility index (Phi) is 4.73. The molecule has 0 saturated carbocycles. The second-order valence-electron chi connectivity index (χ2n) is 5.02. The highest BCUT2D eigenvalue weighted by Gasteiger charge is 2.17. The minimum atomic E-state index is -3.87. The minimum absolute atomic E-state index is 0.0347. The van der Waals surface area contributed by atoms with Gasteiger partial charge < -0.3 is 0 Å². The van der Waals surface area contributed by atoms with Crippen LogP contribution in [0.3, 0.4) is 0 Å². The van der Waals surface area contributed by atoms with Gasteiger partial charge >= 0.3 is 0 Å². The number of nitrogens with two attached hydrogens (primary N) is 1. The number of halogens is 1. The SMILES string of the molecule is Cc1cc(F)ccc1S(=O)(=O)Nc1ccc(CS(N)(=O)=O)cc1. The molecule has 0 fully saturated rings. The third kappa shape index (κ3) is 4.75. The first-order valence-electron chi connectivity index (χ1n) is 6.45. The average molecular weight is 358 g/mol. The van der Waals surface area contributed by atoms with Gasteiger partial charge in [0.15, 0.2) is 0 Å². The van der Waals surface area contributed by atoms with Gasteiger partial charge in [0.1, 0.15) is 5.82 Å². The number of hydrogen-bond donors (Lipinski definition) is 2. The number of sulfonamides is 2. The molecular formula is C14H15FN2O4S2. The molecule has 0 aromatic heterocycles. The third-order valence-corrected chi connectivity index (χ3v) is 5.28. The van der Waals surface area contributed by atoms with Gasteiger partial charge in [-0.25, -0.2) is 26.4 Å². The summed E-state index contributed by atoms with van der Waals surface area (Å²) in [4.78, 5) is -0.0347. The Morgan fingerprint density at radius 1 is 1.04 bits per heavy atom. The van der Waals surface area contributed by atoms with Crippen molar-refractivity contribution in [3.05, 3.63) is 59.4 Å². The van der Waals surface area contributed by atoms with Crippen LogP contribution in [0.5, 0.6) is 0 Å². The fourth-order valence-corrected chi connectivity index (χ4v) is 3.97. The Morgan fingerprint density at radius 2 is 1.65 bits per heavy atom. The van der Waals surface area contributed by atoms with Gasteiger partial charge in [0.05, 0.1) is 10.6 Å². The zero-order valence-corrected chi connectivity index (χ0v) is 13.8. The van der Waals surface area contributed by atoms with Crippen LogP contribution in [0, 0.1) is 12.7 Å². The van der Waals surface area contributed by atoms with Gasteiger partial charge in [0.2, 0.25) is 10.0 Å². The molecule has 0 atom stereocenters. The Bertz CT molecular complexity index is 924. The van der Waals surface area contributed by atoms with Crippen LogP contribution in [0.1, 0.15) is 11.1 Å². The highest BCUT2D eigenvalue weighted by Crippen LogP contribution is 2.20. The summed E-state index contributed by atoms with van der Waals surface area (Å²) in [6.07, 6.45) is 0. The van der Waals surface area contributed by atoms with Crippen LogP contribution in [-0.2, 0) is 25.8 Å². The van der Waals surface area contributed by atoms with E-state index in [4.69, 9.17) is 5.14 Å². The van der Waals surface area contributed by atoms with Crippen molar-refractivity contribution in [3.8, 4) is 0 Å². The zero-order chi connectivity index (χ0) is 17.3. The lowest BCUT2D eigenvalue weighted by Gasteiger charge is -2.11. The smallest absolute Gasteiger partial charge is 0.262 e. The summed E-state index contributed by atoms with van der Waals surface area (Å²) < 4.78 is 62.0. The van der Waals surface area contributed by atoms with E-state index in [9.17, 15) is 21.2 Å². The molecule has 0 aliphatic carbocycles. The molecule has 6 nitrogen and oxygen atoms in total.